The van der Waals surface area contributed by atoms with Gasteiger partial charge in [0.15, 0.2) is 0 Å². The Morgan fingerprint density at radius 2 is 1.71 bits per heavy atom. The molecule has 4 nitrogen and oxygen atoms in total. The highest BCUT2D eigenvalue weighted by Gasteiger charge is 2.21. The fourth-order valence-electron chi connectivity index (χ4n) is 5.48. The Morgan fingerprint density at radius 1 is 0.839 bits per heavy atom. The van der Waals surface area contributed by atoms with E-state index in [-0.39, 0.29) is 0 Å². The molecular formula is C27H22N4. The molecule has 4 heteroatoms. The van der Waals surface area contributed by atoms with Gasteiger partial charge in [-0.2, -0.15) is 0 Å². The maximum atomic E-state index is 4.65. The van der Waals surface area contributed by atoms with Crippen LogP contribution in [0.1, 0.15) is 28.3 Å². The number of benzene rings is 3. The minimum Gasteiger partial charge on any atom is -0.348 e. The molecule has 150 valence electrons. The number of aryl methyl sites for hydroxylation is 5. The summed E-state index contributed by atoms with van der Waals surface area (Å²) in [6, 6.07) is 18.3. The predicted octanol–water partition coefficient (Wildman–Crippen LogP) is 5.79. The average molecular weight is 403 g/mol. The predicted molar refractivity (Wildman–Crippen MR) is 124 cm³/mol. The van der Waals surface area contributed by atoms with E-state index in [1.165, 1.54) is 61.2 Å². The number of nitrogens with zero attached hydrogens (tertiary/aromatic N) is 2. The third kappa shape index (κ3) is 2.48. The van der Waals surface area contributed by atoms with E-state index < -0.39 is 0 Å². The summed E-state index contributed by atoms with van der Waals surface area (Å²) in [5.74, 6) is 1.00. The molecule has 2 aliphatic rings. The van der Waals surface area contributed by atoms with Crippen LogP contribution in [0.25, 0.3) is 44.4 Å². The van der Waals surface area contributed by atoms with Crippen LogP contribution in [0.4, 0.5) is 0 Å². The smallest absolute Gasteiger partial charge is 0.103 e. The van der Waals surface area contributed by atoms with Crippen molar-refractivity contribution in [3.8, 4) is 33.6 Å². The summed E-state index contributed by atoms with van der Waals surface area (Å²) < 4.78 is 0. The lowest BCUT2D eigenvalue weighted by Gasteiger charge is -2.19. The Hall–Kier alpha value is -3.66. The quantitative estimate of drug-likeness (QED) is 0.373. The van der Waals surface area contributed by atoms with Gasteiger partial charge in [0.2, 0.25) is 0 Å². The monoisotopic (exact) mass is 402 g/mol. The minimum absolute atomic E-state index is 1.00. The van der Waals surface area contributed by atoms with E-state index in [0.717, 1.165) is 37.2 Å². The molecule has 0 saturated heterocycles. The number of rotatable bonds is 1. The summed E-state index contributed by atoms with van der Waals surface area (Å²) in [6.07, 6.45) is 5.97. The normalized spacial score (nSPS) is 14.1. The fraction of sp³-hybridized carbons (Fsp3) is 0.185. The average Bonchev–Trinajstić information content (AvgIpc) is 3.44. The SMILES string of the molecule is Cc1nc2c([nH]1)-c1ccc(-c3ccc4c5c(ccc4c3)-c3nc[nH]c3CC5)cc1CC2. The summed E-state index contributed by atoms with van der Waals surface area (Å²) in [5, 5.41) is 2.66. The van der Waals surface area contributed by atoms with Crippen molar-refractivity contribution < 1.29 is 0 Å². The molecule has 0 atom stereocenters. The molecule has 3 aromatic carbocycles. The first-order valence-corrected chi connectivity index (χ1v) is 11.0. The van der Waals surface area contributed by atoms with Gasteiger partial charge in [-0.3, -0.25) is 0 Å². The Labute approximate surface area is 180 Å². The van der Waals surface area contributed by atoms with Gasteiger partial charge in [0.25, 0.3) is 0 Å². The molecule has 7 rings (SSSR count). The van der Waals surface area contributed by atoms with Crippen LogP contribution >= 0.6 is 0 Å². The molecular weight excluding hydrogens is 380 g/mol. The summed E-state index contributed by atoms with van der Waals surface area (Å²) in [5.41, 5.74) is 12.8. The summed E-state index contributed by atoms with van der Waals surface area (Å²) >= 11 is 0. The third-order valence-corrected chi connectivity index (χ3v) is 6.97. The number of fused-ring (bicyclic) bond motifs is 8. The van der Waals surface area contributed by atoms with Crippen LogP contribution in [0.2, 0.25) is 0 Å². The number of hydrogen-bond donors (Lipinski definition) is 2. The molecule has 31 heavy (non-hydrogen) atoms. The maximum Gasteiger partial charge on any atom is 0.103 e. The van der Waals surface area contributed by atoms with E-state index >= 15 is 0 Å². The molecule has 2 aliphatic carbocycles. The van der Waals surface area contributed by atoms with Crippen molar-refractivity contribution in [2.45, 2.75) is 32.6 Å². The fourth-order valence-corrected chi connectivity index (χ4v) is 5.48. The van der Waals surface area contributed by atoms with Gasteiger partial charge in [-0.1, -0.05) is 42.5 Å². The third-order valence-electron chi connectivity index (χ3n) is 6.97. The molecule has 0 fully saturated rings. The zero-order valence-corrected chi connectivity index (χ0v) is 17.4. The van der Waals surface area contributed by atoms with Gasteiger partial charge in [0.1, 0.15) is 5.82 Å². The lowest BCUT2D eigenvalue weighted by atomic mass is 9.86. The highest BCUT2D eigenvalue weighted by Crippen LogP contribution is 2.38. The van der Waals surface area contributed by atoms with Crippen LogP contribution < -0.4 is 0 Å². The van der Waals surface area contributed by atoms with Crippen molar-refractivity contribution in [3.05, 3.63) is 83.2 Å². The number of imidazole rings is 2. The van der Waals surface area contributed by atoms with Crippen molar-refractivity contribution in [1.82, 2.24) is 19.9 Å². The van der Waals surface area contributed by atoms with E-state index in [9.17, 15) is 0 Å². The number of aromatic amines is 2. The topological polar surface area (TPSA) is 57.4 Å². The second-order valence-corrected chi connectivity index (χ2v) is 8.77. The molecule has 0 bridgehead atoms. The first-order chi connectivity index (χ1) is 15.2. The molecule has 0 saturated carbocycles. The van der Waals surface area contributed by atoms with Gasteiger partial charge < -0.3 is 9.97 Å². The van der Waals surface area contributed by atoms with Gasteiger partial charge in [-0.25, -0.2) is 9.97 Å². The Balaban J connectivity index is 1.33. The van der Waals surface area contributed by atoms with Crippen molar-refractivity contribution in [1.29, 1.82) is 0 Å². The molecule has 2 heterocycles. The van der Waals surface area contributed by atoms with Crippen LogP contribution in [0.15, 0.2) is 54.9 Å². The highest BCUT2D eigenvalue weighted by molar-refractivity contribution is 5.95. The van der Waals surface area contributed by atoms with E-state index in [2.05, 4.69) is 68.5 Å². The molecule has 0 aliphatic heterocycles. The second kappa shape index (κ2) is 6.17. The van der Waals surface area contributed by atoms with E-state index in [1.807, 2.05) is 13.3 Å². The van der Waals surface area contributed by atoms with Gasteiger partial charge in [0.05, 0.1) is 23.4 Å². The second-order valence-electron chi connectivity index (χ2n) is 8.77. The Kier molecular flexibility index (Phi) is 3.40. The lowest BCUT2D eigenvalue weighted by Crippen LogP contribution is -2.04. The molecule has 0 unspecified atom stereocenters. The first kappa shape index (κ1) is 17.1. The van der Waals surface area contributed by atoms with Gasteiger partial charge in [-0.05, 0) is 71.7 Å². The van der Waals surface area contributed by atoms with E-state index in [4.69, 9.17) is 0 Å². The van der Waals surface area contributed by atoms with Crippen LogP contribution in [0.3, 0.4) is 0 Å². The number of nitrogens with one attached hydrogen (secondary N) is 2. The molecule has 0 spiro atoms. The number of hydrogen-bond acceptors (Lipinski definition) is 2. The Morgan fingerprint density at radius 3 is 2.68 bits per heavy atom. The lowest BCUT2D eigenvalue weighted by molar-refractivity contribution is 0.905. The summed E-state index contributed by atoms with van der Waals surface area (Å²) in [4.78, 5) is 16.0. The van der Waals surface area contributed by atoms with Crippen LogP contribution in [-0.2, 0) is 25.7 Å². The summed E-state index contributed by atoms with van der Waals surface area (Å²) in [6.45, 7) is 2.03. The zero-order chi connectivity index (χ0) is 20.5. The molecule has 0 radical (unpaired) electrons. The minimum atomic E-state index is 1.00. The molecule has 0 amide bonds. The first-order valence-electron chi connectivity index (χ1n) is 11.0. The van der Waals surface area contributed by atoms with Gasteiger partial charge in [-0.15, -0.1) is 0 Å². The van der Waals surface area contributed by atoms with Crippen LogP contribution in [0, 0.1) is 6.92 Å². The van der Waals surface area contributed by atoms with E-state index in [0.29, 0.717) is 0 Å². The van der Waals surface area contributed by atoms with Gasteiger partial charge >= 0.3 is 0 Å². The van der Waals surface area contributed by atoms with Crippen LogP contribution in [0.5, 0.6) is 0 Å². The molecule has 5 aromatic rings. The Bertz CT molecular complexity index is 1500. The van der Waals surface area contributed by atoms with Crippen molar-refractivity contribution in [2.24, 2.45) is 0 Å². The van der Waals surface area contributed by atoms with E-state index in [1.54, 1.807) is 0 Å². The van der Waals surface area contributed by atoms with Crippen molar-refractivity contribution >= 4 is 10.8 Å². The zero-order valence-electron chi connectivity index (χ0n) is 17.4. The largest absolute Gasteiger partial charge is 0.348 e. The van der Waals surface area contributed by atoms with Crippen molar-refractivity contribution in [3.63, 3.8) is 0 Å². The number of H-pyrrole nitrogens is 2. The van der Waals surface area contributed by atoms with Gasteiger partial charge in [0, 0.05) is 16.8 Å². The summed E-state index contributed by atoms with van der Waals surface area (Å²) in [7, 11) is 0. The number of aromatic nitrogens is 4. The van der Waals surface area contributed by atoms with Crippen molar-refractivity contribution in [2.75, 3.05) is 0 Å². The maximum absolute atomic E-state index is 4.65. The molecule has 2 N–H and O–H groups in total. The highest BCUT2D eigenvalue weighted by atomic mass is 14.9. The standard InChI is InChI=1S/C27H22N4/c1-15-30-25-10-5-19-13-17(3-7-21(19)27(25)31-15)16-2-6-20-18(12-16)4-8-23-22(20)9-11-24-26(23)29-14-28-24/h2-4,6-8,12-14H,5,9-11H2,1H3,(H,28,29)(H,30,31). The molecule has 2 aromatic heterocycles. The van der Waals surface area contributed by atoms with Crippen LogP contribution in [-0.4, -0.2) is 19.9 Å².